The molecule has 0 heterocycles. The van der Waals surface area contributed by atoms with Crippen LogP contribution in [0.15, 0.2) is 72.9 Å². The molecule has 0 rings (SSSR count). The third kappa shape index (κ3) is 73.5. The van der Waals surface area contributed by atoms with Gasteiger partial charge in [-0.25, -0.2) is 0 Å². The Morgan fingerprint density at radius 3 is 1.00 bits per heavy atom. The van der Waals surface area contributed by atoms with Crippen LogP contribution in [-0.4, -0.2) is 69.4 Å². The smallest absolute Gasteiger partial charge is 0.306 e. The Hall–Kier alpha value is -2.55. The summed E-state index contributed by atoms with van der Waals surface area (Å²) in [6.07, 6.45) is 96.2. The molecule has 0 aromatic carbocycles. The van der Waals surface area contributed by atoms with E-state index >= 15 is 0 Å². The molecule has 9 nitrogen and oxygen atoms in total. The minimum absolute atomic E-state index is 0.0218. The van der Waals surface area contributed by atoms with Gasteiger partial charge in [-0.3, -0.25) is 14.2 Å². The number of rotatable bonds is 74. The van der Waals surface area contributed by atoms with Gasteiger partial charge in [0.2, 0.25) is 5.91 Å². The number of phosphoric ester groups is 1. The summed E-state index contributed by atoms with van der Waals surface area (Å²) in [5.41, 5.74) is 0. The van der Waals surface area contributed by atoms with Gasteiger partial charge >= 0.3 is 5.97 Å². The second kappa shape index (κ2) is 72.2. The molecule has 0 spiro atoms. The lowest BCUT2D eigenvalue weighted by atomic mass is 10.0. The Morgan fingerprint density at radius 2 is 0.656 bits per heavy atom. The zero-order valence-electron chi connectivity index (χ0n) is 62.5. The Kier molecular flexibility index (Phi) is 70.2. The molecule has 0 aliphatic heterocycles. The molecule has 0 radical (unpaired) electrons. The number of nitrogens with one attached hydrogen (secondary N) is 1. The number of esters is 1. The van der Waals surface area contributed by atoms with Crippen molar-refractivity contribution in [1.29, 1.82) is 0 Å². The fraction of sp³-hybridized carbons (Fsp3) is 0.831. The van der Waals surface area contributed by atoms with Crippen molar-refractivity contribution in [3.05, 3.63) is 72.9 Å². The van der Waals surface area contributed by atoms with Crippen LogP contribution in [0.4, 0.5) is 0 Å². The number of carbonyl (C=O) groups excluding carboxylic acids is 2. The Morgan fingerprint density at radius 1 is 0.376 bits per heavy atom. The zero-order valence-corrected chi connectivity index (χ0v) is 63.4. The highest BCUT2D eigenvalue weighted by molar-refractivity contribution is 7.45. The molecule has 1 amide bonds. The van der Waals surface area contributed by atoms with Gasteiger partial charge < -0.3 is 28.5 Å². The number of allylic oxidation sites excluding steroid dienone is 11. The molecule has 3 atom stereocenters. The van der Waals surface area contributed by atoms with Crippen LogP contribution >= 0.6 is 7.82 Å². The molecular formula is C83H155N2O7P. The van der Waals surface area contributed by atoms with E-state index in [-0.39, 0.29) is 31.5 Å². The van der Waals surface area contributed by atoms with Gasteiger partial charge in [0.1, 0.15) is 19.3 Å². The number of carbonyl (C=O) groups is 2. The van der Waals surface area contributed by atoms with Crippen molar-refractivity contribution in [2.45, 2.75) is 405 Å². The first-order valence-corrected chi connectivity index (χ1v) is 41.7. The van der Waals surface area contributed by atoms with E-state index in [9.17, 15) is 19.0 Å². The number of phosphoric acid groups is 1. The molecule has 0 aromatic heterocycles. The van der Waals surface area contributed by atoms with Gasteiger partial charge in [0.15, 0.2) is 0 Å². The summed E-state index contributed by atoms with van der Waals surface area (Å²) >= 11 is 0. The van der Waals surface area contributed by atoms with Gasteiger partial charge in [0.25, 0.3) is 7.82 Å². The molecule has 10 heteroatoms. The first kappa shape index (κ1) is 90.5. The lowest BCUT2D eigenvalue weighted by Gasteiger charge is -2.30. The van der Waals surface area contributed by atoms with E-state index in [2.05, 4.69) is 86.8 Å². The minimum Gasteiger partial charge on any atom is -0.756 e. The van der Waals surface area contributed by atoms with Crippen molar-refractivity contribution >= 4 is 19.7 Å². The summed E-state index contributed by atoms with van der Waals surface area (Å²) in [5, 5.41) is 3.06. The normalized spacial score (nSPS) is 13.8. The number of hydrogen-bond acceptors (Lipinski definition) is 7. The standard InChI is InChI=1S/C83H155N2O7P/c1-7-10-13-16-19-22-25-28-30-32-34-36-38-40-42-44-46-48-50-52-54-57-60-63-66-69-72-75-82(86)84-80(79-91-93(88,89)90-78-77-85(4,5)6)81(74-71-68-65-62-59-56-27-24-21-18-15-12-9-3)92-83(87)76-73-70-67-64-61-58-55-53-51-49-47-45-43-41-39-37-35-33-31-29-26-23-20-17-14-11-8-2/h19-20,22-23,28-31,35,37,71,74,80-81H,7-18,21,24-27,32-34,36,38-70,72-73,75-79H2,1-6H3,(H-,84,86,88,89)/b22-19-,23-20-,30-28-,31-29-,37-35-,74-71+. The summed E-state index contributed by atoms with van der Waals surface area (Å²) in [5.74, 6) is -0.524. The predicted octanol–water partition coefficient (Wildman–Crippen LogP) is 25.6. The molecule has 1 N–H and O–H groups in total. The Bertz CT molecular complexity index is 1820. The zero-order chi connectivity index (χ0) is 67.8. The Balaban J connectivity index is 4.93. The third-order valence-electron chi connectivity index (χ3n) is 18.1. The van der Waals surface area contributed by atoms with Crippen LogP contribution in [0.5, 0.6) is 0 Å². The molecule has 0 aliphatic carbocycles. The van der Waals surface area contributed by atoms with Crippen LogP contribution in [0, 0.1) is 0 Å². The third-order valence-corrected chi connectivity index (χ3v) is 19.1. The van der Waals surface area contributed by atoms with Crippen molar-refractivity contribution in [3.8, 4) is 0 Å². The molecule has 0 aliphatic rings. The van der Waals surface area contributed by atoms with Crippen LogP contribution in [0.2, 0.25) is 0 Å². The summed E-state index contributed by atoms with van der Waals surface area (Å²) in [4.78, 5) is 40.4. The predicted molar refractivity (Wildman–Crippen MR) is 404 cm³/mol. The largest absolute Gasteiger partial charge is 0.756 e. The first-order chi connectivity index (χ1) is 45.4. The van der Waals surface area contributed by atoms with Crippen LogP contribution in [0.25, 0.3) is 0 Å². The van der Waals surface area contributed by atoms with Crippen molar-refractivity contribution in [3.63, 3.8) is 0 Å². The maximum atomic E-state index is 13.7. The number of nitrogens with zero attached hydrogens (tertiary/aromatic N) is 1. The van der Waals surface area contributed by atoms with E-state index in [1.165, 1.54) is 283 Å². The topological polar surface area (TPSA) is 114 Å². The maximum absolute atomic E-state index is 13.7. The summed E-state index contributed by atoms with van der Waals surface area (Å²) < 4.78 is 30.6. The highest BCUT2D eigenvalue weighted by Gasteiger charge is 2.27. The van der Waals surface area contributed by atoms with E-state index in [0.717, 1.165) is 77.0 Å². The highest BCUT2D eigenvalue weighted by Crippen LogP contribution is 2.38. The molecule has 0 fully saturated rings. The quantitative estimate of drug-likeness (QED) is 0.0212. The summed E-state index contributed by atoms with van der Waals surface area (Å²) in [7, 11) is 1.20. The van der Waals surface area contributed by atoms with Gasteiger partial charge in [0, 0.05) is 12.8 Å². The van der Waals surface area contributed by atoms with Gasteiger partial charge in [-0.1, -0.05) is 351 Å². The minimum atomic E-state index is -4.71. The fourth-order valence-electron chi connectivity index (χ4n) is 11.9. The van der Waals surface area contributed by atoms with E-state index in [4.69, 9.17) is 13.8 Å². The van der Waals surface area contributed by atoms with Gasteiger partial charge in [-0.2, -0.15) is 0 Å². The van der Waals surface area contributed by atoms with Gasteiger partial charge in [-0.05, 0) is 102 Å². The summed E-state index contributed by atoms with van der Waals surface area (Å²) in [6.45, 7) is 6.85. The molecular weight excluding hydrogens is 1170 g/mol. The van der Waals surface area contributed by atoms with E-state index in [0.29, 0.717) is 17.4 Å². The van der Waals surface area contributed by atoms with Crippen LogP contribution in [-0.2, 0) is 27.9 Å². The highest BCUT2D eigenvalue weighted by atomic mass is 31.2. The molecule has 0 saturated heterocycles. The molecule has 544 valence electrons. The fourth-order valence-corrected chi connectivity index (χ4v) is 12.6. The average Bonchev–Trinajstić information content (AvgIpc) is 2.15. The number of likely N-dealkylation sites (N-methyl/N-ethyl adjacent to an activating group) is 1. The number of amides is 1. The monoisotopic (exact) mass is 1320 g/mol. The molecule has 0 aromatic rings. The molecule has 0 saturated carbocycles. The molecule has 93 heavy (non-hydrogen) atoms. The lowest BCUT2D eigenvalue weighted by molar-refractivity contribution is -0.870. The van der Waals surface area contributed by atoms with Crippen molar-refractivity contribution in [1.82, 2.24) is 5.32 Å². The average molecular weight is 1320 g/mol. The van der Waals surface area contributed by atoms with Crippen LogP contribution < -0.4 is 10.2 Å². The van der Waals surface area contributed by atoms with Gasteiger partial charge in [-0.15, -0.1) is 0 Å². The van der Waals surface area contributed by atoms with E-state index < -0.39 is 20.0 Å². The van der Waals surface area contributed by atoms with Crippen molar-refractivity contribution in [2.24, 2.45) is 0 Å². The SMILES string of the molecule is CCCCC/C=C\C/C=C\C/C=C\CCCCCCCCCCCCCCCCC(=O)OC(/C=C/CCCCCCCCCCCCC)C(COP(=O)([O-])OCC[N+](C)(C)C)NC(=O)CCCCCCCCCCCCCCCCCCC/C=C\C/C=C\CCCCC. The second-order valence-electron chi connectivity index (χ2n) is 28.6. The lowest BCUT2D eigenvalue weighted by Crippen LogP contribution is -2.47. The summed E-state index contributed by atoms with van der Waals surface area (Å²) in [6, 6.07) is -0.891. The van der Waals surface area contributed by atoms with E-state index in [1.54, 1.807) is 0 Å². The molecule has 3 unspecified atom stereocenters. The first-order valence-electron chi connectivity index (χ1n) is 40.2. The van der Waals surface area contributed by atoms with Gasteiger partial charge in [0.05, 0.1) is 33.8 Å². The van der Waals surface area contributed by atoms with Crippen molar-refractivity contribution < 1.29 is 37.3 Å². The number of quaternary nitrogens is 1. The number of ether oxygens (including phenoxy) is 1. The van der Waals surface area contributed by atoms with Crippen LogP contribution in [0.1, 0.15) is 393 Å². The number of unbranched alkanes of at least 4 members (excludes halogenated alkanes) is 48. The van der Waals surface area contributed by atoms with E-state index in [1.807, 2.05) is 33.3 Å². The number of hydrogen-bond donors (Lipinski definition) is 1. The van der Waals surface area contributed by atoms with Crippen molar-refractivity contribution in [2.75, 3.05) is 40.9 Å². The molecule has 0 bridgehead atoms. The Labute approximate surface area is 578 Å². The second-order valence-corrected chi connectivity index (χ2v) is 30.0. The maximum Gasteiger partial charge on any atom is 0.306 e. The van der Waals surface area contributed by atoms with Crippen LogP contribution in [0.3, 0.4) is 0 Å².